The van der Waals surface area contributed by atoms with Gasteiger partial charge in [0.05, 0.1) is 32.8 Å². The molecule has 1 heterocycles. The molecular formula is C14H20O4S3. The summed E-state index contributed by atoms with van der Waals surface area (Å²) in [5, 5.41) is 0. The van der Waals surface area contributed by atoms with Crippen molar-refractivity contribution in [3.63, 3.8) is 0 Å². The zero-order valence-electron chi connectivity index (χ0n) is 12.7. The first-order valence-corrected chi connectivity index (χ1v) is 9.65. The van der Waals surface area contributed by atoms with Crippen molar-refractivity contribution in [1.82, 2.24) is 0 Å². The van der Waals surface area contributed by atoms with Crippen molar-refractivity contribution in [3.05, 3.63) is 11.1 Å². The second kappa shape index (κ2) is 9.38. The van der Waals surface area contributed by atoms with E-state index in [-0.39, 0.29) is 13.2 Å². The molecule has 0 aliphatic heterocycles. The van der Waals surface area contributed by atoms with Gasteiger partial charge in [-0.25, -0.2) is 9.59 Å². The van der Waals surface area contributed by atoms with E-state index in [4.69, 9.17) is 9.47 Å². The number of esters is 2. The Morgan fingerprint density at radius 3 is 1.52 bits per heavy atom. The van der Waals surface area contributed by atoms with Gasteiger partial charge < -0.3 is 9.47 Å². The molecule has 0 unspecified atom stereocenters. The summed E-state index contributed by atoms with van der Waals surface area (Å²) in [7, 11) is 0. The zero-order chi connectivity index (χ0) is 15.8. The fraction of sp³-hybridized carbons (Fsp3) is 0.571. The molecule has 4 nitrogen and oxygen atoms in total. The van der Waals surface area contributed by atoms with Crippen molar-refractivity contribution in [2.24, 2.45) is 0 Å². The van der Waals surface area contributed by atoms with Crippen LogP contribution in [0.2, 0.25) is 0 Å². The van der Waals surface area contributed by atoms with Gasteiger partial charge >= 0.3 is 11.9 Å². The maximum atomic E-state index is 12.2. The molecule has 1 aromatic heterocycles. The molecule has 0 atom stereocenters. The number of carbonyl (C=O) groups excluding carboxylic acids is 2. The van der Waals surface area contributed by atoms with E-state index < -0.39 is 11.9 Å². The molecule has 0 bridgehead atoms. The molecule has 21 heavy (non-hydrogen) atoms. The van der Waals surface area contributed by atoms with Crippen LogP contribution in [0.1, 0.15) is 48.4 Å². The van der Waals surface area contributed by atoms with Crippen molar-refractivity contribution in [2.75, 3.05) is 24.7 Å². The molecule has 0 aromatic carbocycles. The molecule has 7 heteroatoms. The first kappa shape index (κ1) is 18.4. The summed E-state index contributed by atoms with van der Waals surface area (Å²) in [5.41, 5.74) is 0.728. The summed E-state index contributed by atoms with van der Waals surface area (Å²) in [4.78, 5) is 24.5. The van der Waals surface area contributed by atoms with E-state index >= 15 is 0 Å². The minimum atomic E-state index is -0.448. The minimum Gasteiger partial charge on any atom is -0.462 e. The highest BCUT2D eigenvalue weighted by atomic mass is 32.2. The molecule has 0 saturated heterocycles. The van der Waals surface area contributed by atoms with Gasteiger partial charge in [0, 0.05) is 0 Å². The Hall–Kier alpha value is -0.660. The quantitative estimate of drug-likeness (QED) is 0.515. The van der Waals surface area contributed by atoms with Crippen LogP contribution in [0.15, 0.2) is 8.42 Å². The van der Waals surface area contributed by atoms with Gasteiger partial charge in [0.2, 0.25) is 0 Å². The van der Waals surface area contributed by atoms with Crippen LogP contribution < -0.4 is 0 Å². The standard InChI is InChI=1S/C14H20O4S3/c1-5-17-11(15)9-10(12(16)18-6-2)14(20-8-4)21-13(9)19-7-3/h5-8H2,1-4H3. The van der Waals surface area contributed by atoms with E-state index in [1.54, 1.807) is 37.4 Å². The zero-order valence-corrected chi connectivity index (χ0v) is 15.1. The smallest absolute Gasteiger partial charge is 0.341 e. The molecule has 118 valence electrons. The number of rotatable bonds is 8. The summed E-state index contributed by atoms with van der Waals surface area (Å²) >= 11 is 4.57. The van der Waals surface area contributed by atoms with Gasteiger partial charge in [-0.15, -0.1) is 34.9 Å². The maximum Gasteiger partial charge on any atom is 0.341 e. The van der Waals surface area contributed by atoms with E-state index in [9.17, 15) is 9.59 Å². The van der Waals surface area contributed by atoms with Crippen LogP contribution in [0.25, 0.3) is 0 Å². The molecule has 0 radical (unpaired) electrons. The number of thiophene rings is 1. The number of thioether (sulfide) groups is 2. The Labute approximate surface area is 138 Å². The van der Waals surface area contributed by atoms with Gasteiger partial charge in [0.1, 0.15) is 0 Å². The lowest BCUT2D eigenvalue weighted by Gasteiger charge is -2.07. The van der Waals surface area contributed by atoms with E-state index in [1.807, 2.05) is 13.8 Å². The summed E-state index contributed by atoms with van der Waals surface area (Å²) in [6, 6.07) is 0. The lowest BCUT2D eigenvalue weighted by Crippen LogP contribution is -2.13. The highest BCUT2D eigenvalue weighted by Gasteiger charge is 2.30. The third-order valence-corrected chi connectivity index (χ3v) is 5.85. The Balaban J connectivity index is 3.37. The fourth-order valence-electron chi connectivity index (χ4n) is 1.63. The molecule has 0 aliphatic rings. The van der Waals surface area contributed by atoms with Crippen LogP contribution in [0, 0.1) is 0 Å². The fourth-order valence-corrected chi connectivity index (χ4v) is 5.40. The molecule has 1 aromatic rings. The van der Waals surface area contributed by atoms with Crippen molar-refractivity contribution in [3.8, 4) is 0 Å². The van der Waals surface area contributed by atoms with Gasteiger partial charge in [-0.05, 0) is 25.4 Å². The molecule has 0 fully saturated rings. The van der Waals surface area contributed by atoms with E-state index in [0.29, 0.717) is 11.1 Å². The topological polar surface area (TPSA) is 52.6 Å². The molecule has 1 rings (SSSR count). The average molecular weight is 349 g/mol. The van der Waals surface area contributed by atoms with Crippen LogP contribution in [0.4, 0.5) is 0 Å². The number of ether oxygens (including phenoxy) is 2. The van der Waals surface area contributed by atoms with E-state index in [2.05, 4.69) is 0 Å². The summed E-state index contributed by atoms with van der Waals surface area (Å²) in [6.45, 7) is 8.09. The SMILES string of the molecule is CCOC(=O)c1c(SCC)sc(SCC)c1C(=O)OCC. The van der Waals surface area contributed by atoms with Gasteiger partial charge in [-0.2, -0.15) is 0 Å². The Morgan fingerprint density at radius 1 is 0.857 bits per heavy atom. The summed E-state index contributed by atoms with van der Waals surface area (Å²) < 4.78 is 11.9. The highest BCUT2D eigenvalue weighted by molar-refractivity contribution is 8.03. The van der Waals surface area contributed by atoms with E-state index in [1.165, 1.54) is 11.3 Å². The third-order valence-electron chi connectivity index (χ3n) is 2.35. The number of hydrogen-bond donors (Lipinski definition) is 0. The largest absolute Gasteiger partial charge is 0.462 e. The molecule has 0 saturated carbocycles. The van der Waals surface area contributed by atoms with Gasteiger partial charge in [0.15, 0.2) is 0 Å². The van der Waals surface area contributed by atoms with Crippen molar-refractivity contribution in [1.29, 1.82) is 0 Å². The van der Waals surface area contributed by atoms with Gasteiger partial charge in [0.25, 0.3) is 0 Å². The van der Waals surface area contributed by atoms with E-state index in [0.717, 1.165) is 19.9 Å². The second-order valence-corrected chi connectivity index (χ2v) is 7.82. The molecule has 0 N–H and O–H groups in total. The van der Waals surface area contributed by atoms with Crippen LogP contribution >= 0.6 is 34.9 Å². The second-order valence-electron chi connectivity index (χ2n) is 3.73. The summed E-state index contributed by atoms with van der Waals surface area (Å²) in [5.74, 6) is 0.753. The highest BCUT2D eigenvalue weighted by Crippen LogP contribution is 2.42. The molecule has 0 amide bonds. The van der Waals surface area contributed by atoms with Crippen LogP contribution in [-0.4, -0.2) is 36.7 Å². The normalized spacial score (nSPS) is 10.5. The minimum absolute atomic E-state index is 0.281. The predicted molar refractivity (Wildman–Crippen MR) is 89.0 cm³/mol. The number of hydrogen-bond acceptors (Lipinski definition) is 7. The molecule has 0 spiro atoms. The van der Waals surface area contributed by atoms with Crippen molar-refractivity contribution < 1.29 is 19.1 Å². The monoisotopic (exact) mass is 348 g/mol. The number of carbonyl (C=O) groups is 2. The third kappa shape index (κ3) is 4.66. The predicted octanol–water partition coefficient (Wildman–Crippen LogP) is 4.33. The Kier molecular flexibility index (Phi) is 8.21. The first-order chi connectivity index (χ1) is 10.1. The Bertz CT molecular complexity index is 454. The Morgan fingerprint density at radius 2 is 1.24 bits per heavy atom. The van der Waals surface area contributed by atoms with Crippen LogP contribution in [0.5, 0.6) is 0 Å². The van der Waals surface area contributed by atoms with Crippen molar-refractivity contribution in [2.45, 2.75) is 36.1 Å². The van der Waals surface area contributed by atoms with Crippen molar-refractivity contribution >= 4 is 46.8 Å². The van der Waals surface area contributed by atoms with Gasteiger partial charge in [-0.1, -0.05) is 13.8 Å². The first-order valence-electron chi connectivity index (χ1n) is 6.87. The summed E-state index contributed by atoms with van der Waals surface area (Å²) in [6.07, 6.45) is 0. The molecular weight excluding hydrogens is 328 g/mol. The average Bonchev–Trinajstić information content (AvgIpc) is 2.78. The van der Waals surface area contributed by atoms with Gasteiger partial charge in [-0.3, -0.25) is 0 Å². The lowest BCUT2D eigenvalue weighted by molar-refractivity contribution is 0.0475. The van der Waals surface area contributed by atoms with Crippen LogP contribution in [0.3, 0.4) is 0 Å². The van der Waals surface area contributed by atoms with Crippen LogP contribution in [-0.2, 0) is 9.47 Å². The maximum absolute atomic E-state index is 12.2. The lowest BCUT2D eigenvalue weighted by atomic mass is 10.2. The molecule has 0 aliphatic carbocycles.